The molecule has 0 aromatic carbocycles. The first-order valence-corrected chi connectivity index (χ1v) is 5.91. The molecule has 0 atom stereocenters. The maximum absolute atomic E-state index is 10.8. The van der Waals surface area contributed by atoms with Crippen LogP contribution in [-0.4, -0.2) is 44.2 Å². The quantitative estimate of drug-likeness (QED) is 0.500. The molecule has 0 aromatic heterocycles. The standard InChI is InChI=1S/C9H18BrNO3/c1-2-9(12)11-4-6-14-8-7-13-5-3-10/h2-8H2,1H3,(H,11,12). The fraction of sp³-hybridized carbons (Fsp3) is 0.889. The van der Waals surface area contributed by atoms with Crippen LogP contribution in [0.25, 0.3) is 0 Å². The van der Waals surface area contributed by atoms with Crippen LogP contribution in [0, 0.1) is 0 Å². The van der Waals surface area contributed by atoms with Crippen LogP contribution >= 0.6 is 15.9 Å². The highest BCUT2D eigenvalue weighted by Crippen LogP contribution is 1.83. The molecule has 0 aliphatic carbocycles. The highest BCUT2D eigenvalue weighted by Gasteiger charge is 1.94. The van der Waals surface area contributed by atoms with Gasteiger partial charge in [0.1, 0.15) is 0 Å². The van der Waals surface area contributed by atoms with Gasteiger partial charge in [0, 0.05) is 18.3 Å². The maximum atomic E-state index is 10.8. The molecule has 0 saturated carbocycles. The number of amides is 1. The van der Waals surface area contributed by atoms with Crippen LogP contribution in [0.3, 0.4) is 0 Å². The van der Waals surface area contributed by atoms with Gasteiger partial charge >= 0.3 is 0 Å². The van der Waals surface area contributed by atoms with E-state index in [9.17, 15) is 4.79 Å². The van der Waals surface area contributed by atoms with E-state index in [-0.39, 0.29) is 5.91 Å². The minimum absolute atomic E-state index is 0.0594. The topological polar surface area (TPSA) is 47.6 Å². The minimum atomic E-state index is 0.0594. The van der Waals surface area contributed by atoms with Crippen molar-refractivity contribution in [1.29, 1.82) is 0 Å². The van der Waals surface area contributed by atoms with Crippen molar-refractivity contribution < 1.29 is 14.3 Å². The van der Waals surface area contributed by atoms with Gasteiger partial charge < -0.3 is 14.8 Å². The Kier molecular flexibility index (Phi) is 10.8. The smallest absolute Gasteiger partial charge is 0.219 e. The molecule has 84 valence electrons. The number of carbonyl (C=O) groups excluding carboxylic acids is 1. The van der Waals surface area contributed by atoms with Gasteiger partial charge in [-0.3, -0.25) is 4.79 Å². The third-order valence-electron chi connectivity index (χ3n) is 1.48. The molecule has 0 rings (SSSR count). The van der Waals surface area contributed by atoms with E-state index >= 15 is 0 Å². The van der Waals surface area contributed by atoms with Crippen molar-refractivity contribution in [3.05, 3.63) is 0 Å². The van der Waals surface area contributed by atoms with Gasteiger partial charge in [0.25, 0.3) is 0 Å². The van der Waals surface area contributed by atoms with Crippen LogP contribution in [-0.2, 0) is 14.3 Å². The van der Waals surface area contributed by atoms with E-state index in [0.717, 1.165) is 5.33 Å². The predicted octanol–water partition coefficient (Wildman–Crippen LogP) is 0.941. The number of hydrogen-bond donors (Lipinski definition) is 1. The van der Waals surface area contributed by atoms with E-state index in [1.165, 1.54) is 0 Å². The molecule has 0 aromatic rings. The molecule has 0 fully saturated rings. The molecule has 0 aliphatic rings. The number of nitrogens with one attached hydrogen (secondary N) is 1. The van der Waals surface area contributed by atoms with Crippen LogP contribution in [0.5, 0.6) is 0 Å². The molecule has 0 bridgehead atoms. The molecule has 14 heavy (non-hydrogen) atoms. The molecule has 5 heteroatoms. The number of rotatable bonds is 9. The van der Waals surface area contributed by atoms with Gasteiger partial charge in [-0.15, -0.1) is 0 Å². The summed E-state index contributed by atoms with van der Waals surface area (Å²) in [5.74, 6) is 0.0594. The summed E-state index contributed by atoms with van der Waals surface area (Å²) in [7, 11) is 0. The monoisotopic (exact) mass is 267 g/mol. The van der Waals surface area contributed by atoms with E-state index in [1.807, 2.05) is 6.92 Å². The number of hydrogen-bond acceptors (Lipinski definition) is 3. The van der Waals surface area contributed by atoms with Crippen molar-refractivity contribution >= 4 is 21.8 Å². The average Bonchev–Trinajstić information content (AvgIpc) is 2.21. The summed E-state index contributed by atoms with van der Waals surface area (Å²) in [5, 5.41) is 3.57. The molecule has 1 N–H and O–H groups in total. The normalized spacial score (nSPS) is 10.1. The Morgan fingerprint density at radius 2 is 1.86 bits per heavy atom. The molecule has 0 saturated heterocycles. The zero-order valence-electron chi connectivity index (χ0n) is 8.55. The molecule has 0 unspecified atom stereocenters. The van der Waals surface area contributed by atoms with E-state index < -0.39 is 0 Å². The summed E-state index contributed by atoms with van der Waals surface area (Å²) in [5.41, 5.74) is 0. The second kappa shape index (κ2) is 10.9. The lowest BCUT2D eigenvalue weighted by atomic mass is 10.4. The van der Waals surface area contributed by atoms with Crippen molar-refractivity contribution in [1.82, 2.24) is 5.32 Å². The molecule has 0 heterocycles. The molecule has 0 spiro atoms. The van der Waals surface area contributed by atoms with Gasteiger partial charge in [-0.2, -0.15) is 0 Å². The van der Waals surface area contributed by atoms with Crippen molar-refractivity contribution in [3.8, 4) is 0 Å². The minimum Gasteiger partial charge on any atom is -0.378 e. The maximum Gasteiger partial charge on any atom is 0.219 e. The first-order chi connectivity index (χ1) is 6.81. The molecule has 0 aliphatic heterocycles. The summed E-state index contributed by atoms with van der Waals surface area (Å²) in [6.45, 7) is 4.83. The lowest BCUT2D eigenvalue weighted by molar-refractivity contribution is -0.121. The Morgan fingerprint density at radius 1 is 1.21 bits per heavy atom. The van der Waals surface area contributed by atoms with Crippen LogP contribution in [0.1, 0.15) is 13.3 Å². The Hall–Kier alpha value is -0.130. The highest BCUT2D eigenvalue weighted by atomic mass is 79.9. The number of halogens is 1. The number of alkyl halides is 1. The Balaban J connectivity index is 2.95. The van der Waals surface area contributed by atoms with Crippen LogP contribution < -0.4 is 5.32 Å². The fourth-order valence-electron chi connectivity index (χ4n) is 0.764. The number of ether oxygens (including phenoxy) is 2. The SMILES string of the molecule is CCC(=O)NCCOCCOCCBr. The summed E-state index contributed by atoms with van der Waals surface area (Å²) in [6.07, 6.45) is 0.522. The molecule has 0 radical (unpaired) electrons. The molecule has 4 nitrogen and oxygen atoms in total. The largest absolute Gasteiger partial charge is 0.378 e. The zero-order chi connectivity index (χ0) is 10.6. The summed E-state index contributed by atoms with van der Waals surface area (Å²) in [4.78, 5) is 10.8. The summed E-state index contributed by atoms with van der Waals surface area (Å²) in [6, 6.07) is 0. The van der Waals surface area contributed by atoms with Crippen molar-refractivity contribution in [3.63, 3.8) is 0 Å². The Labute approximate surface area is 93.5 Å². The third kappa shape index (κ3) is 9.95. The second-order valence-corrected chi connectivity index (χ2v) is 3.41. The average molecular weight is 268 g/mol. The Bertz CT molecular complexity index is 144. The van der Waals surface area contributed by atoms with E-state index in [0.29, 0.717) is 39.4 Å². The van der Waals surface area contributed by atoms with Gasteiger partial charge in [-0.25, -0.2) is 0 Å². The lowest BCUT2D eigenvalue weighted by Gasteiger charge is -2.05. The van der Waals surface area contributed by atoms with Gasteiger partial charge in [0.2, 0.25) is 5.91 Å². The molecular formula is C9H18BrNO3. The summed E-state index contributed by atoms with van der Waals surface area (Å²) < 4.78 is 10.4. The second-order valence-electron chi connectivity index (χ2n) is 2.62. The van der Waals surface area contributed by atoms with Crippen LogP contribution in [0.4, 0.5) is 0 Å². The third-order valence-corrected chi connectivity index (χ3v) is 1.81. The van der Waals surface area contributed by atoms with Crippen LogP contribution in [0.2, 0.25) is 0 Å². The molecular weight excluding hydrogens is 250 g/mol. The van der Waals surface area contributed by atoms with Gasteiger partial charge in [0.15, 0.2) is 0 Å². The predicted molar refractivity (Wildman–Crippen MR) is 58.7 cm³/mol. The van der Waals surface area contributed by atoms with Crippen LogP contribution in [0.15, 0.2) is 0 Å². The number of carbonyl (C=O) groups is 1. The first kappa shape index (κ1) is 13.9. The van der Waals surface area contributed by atoms with Gasteiger partial charge in [-0.05, 0) is 0 Å². The van der Waals surface area contributed by atoms with Crippen molar-refractivity contribution in [2.45, 2.75) is 13.3 Å². The Morgan fingerprint density at radius 3 is 2.43 bits per heavy atom. The van der Waals surface area contributed by atoms with E-state index in [2.05, 4.69) is 21.2 Å². The van der Waals surface area contributed by atoms with Gasteiger partial charge in [-0.1, -0.05) is 22.9 Å². The fourth-order valence-corrected chi connectivity index (χ4v) is 0.993. The molecule has 1 amide bonds. The van der Waals surface area contributed by atoms with Gasteiger partial charge in [0.05, 0.1) is 26.4 Å². The lowest BCUT2D eigenvalue weighted by Crippen LogP contribution is -2.26. The first-order valence-electron chi connectivity index (χ1n) is 4.79. The van der Waals surface area contributed by atoms with Crippen molar-refractivity contribution in [2.75, 3.05) is 38.3 Å². The summed E-state index contributed by atoms with van der Waals surface area (Å²) >= 11 is 3.25. The van der Waals surface area contributed by atoms with E-state index in [1.54, 1.807) is 0 Å². The highest BCUT2D eigenvalue weighted by molar-refractivity contribution is 9.09. The zero-order valence-corrected chi connectivity index (χ0v) is 10.1. The van der Waals surface area contributed by atoms with Crippen molar-refractivity contribution in [2.24, 2.45) is 0 Å². The van der Waals surface area contributed by atoms with E-state index in [4.69, 9.17) is 9.47 Å².